The van der Waals surface area contributed by atoms with E-state index in [1.54, 1.807) is 19.1 Å². The van der Waals surface area contributed by atoms with Crippen LogP contribution in [0.5, 0.6) is 0 Å². The first-order valence-electron chi connectivity index (χ1n) is 6.85. The zero-order valence-corrected chi connectivity index (χ0v) is 12.2. The smallest absolute Gasteiger partial charge is 0.191 e. The van der Waals surface area contributed by atoms with E-state index in [0.717, 1.165) is 17.8 Å². The van der Waals surface area contributed by atoms with Crippen molar-refractivity contribution in [2.45, 2.75) is 26.9 Å². The molecule has 0 saturated carbocycles. The molecule has 0 spiro atoms. The minimum absolute atomic E-state index is 0.205. The van der Waals surface area contributed by atoms with Gasteiger partial charge in [-0.25, -0.2) is 9.38 Å². The van der Waals surface area contributed by atoms with Gasteiger partial charge in [0.15, 0.2) is 5.96 Å². The first kappa shape index (κ1) is 15.0. The summed E-state index contributed by atoms with van der Waals surface area (Å²) in [5.74, 6) is 0.449. The molecular weight excluding hydrogens is 271 g/mol. The Labute approximate surface area is 123 Å². The number of benzene rings is 1. The average molecular weight is 290 g/mol. The first-order valence-corrected chi connectivity index (χ1v) is 6.85. The number of aromatic nitrogens is 1. The van der Waals surface area contributed by atoms with Crippen molar-refractivity contribution in [1.29, 1.82) is 0 Å². The molecule has 0 fully saturated rings. The van der Waals surface area contributed by atoms with Crippen LogP contribution in [0.2, 0.25) is 0 Å². The van der Waals surface area contributed by atoms with E-state index < -0.39 is 0 Å². The highest BCUT2D eigenvalue weighted by atomic mass is 19.1. The van der Waals surface area contributed by atoms with Gasteiger partial charge in [0.25, 0.3) is 0 Å². The van der Waals surface area contributed by atoms with E-state index in [1.807, 2.05) is 13.0 Å². The Morgan fingerprint density at radius 2 is 2.19 bits per heavy atom. The molecule has 2 rings (SSSR count). The van der Waals surface area contributed by atoms with Gasteiger partial charge in [-0.15, -0.1) is 0 Å². The summed E-state index contributed by atoms with van der Waals surface area (Å²) in [6.07, 6.45) is 1.52. The lowest BCUT2D eigenvalue weighted by atomic mass is 10.1. The lowest BCUT2D eigenvalue weighted by Crippen LogP contribution is -2.36. The minimum Gasteiger partial charge on any atom is -0.364 e. The highest BCUT2D eigenvalue weighted by molar-refractivity contribution is 5.79. The molecule has 1 aromatic heterocycles. The van der Waals surface area contributed by atoms with Gasteiger partial charge in [-0.05, 0) is 31.0 Å². The van der Waals surface area contributed by atoms with Gasteiger partial charge in [0.1, 0.15) is 17.8 Å². The maximum Gasteiger partial charge on any atom is 0.191 e. The summed E-state index contributed by atoms with van der Waals surface area (Å²) in [5, 5.41) is 10.1. The molecule has 2 N–H and O–H groups in total. The fourth-order valence-electron chi connectivity index (χ4n) is 1.75. The van der Waals surface area contributed by atoms with Crippen LogP contribution in [0.15, 0.2) is 40.0 Å². The van der Waals surface area contributed by atoms with E-state index in [0.29, 0.717) is 24.6 Å². The van der Waals surface area contributed by atoms with Gasteiger partial charge in [-0.1, -0.05) is 17.3 Å². The van der Waals surface area contributed by atoms with Crippen LogP contribution < -0.4 is 10.6 Å². The number of aliphatic imine (C=N–C) groups is 1. The summed E-state index contributed by atoms with van der Waals surface area (Å²) < 4.78 is 18.3. The fraction of sp³-hybridized carbons (Fsp3) is 0.333. The molecule has 1 aromatic carbocycles. The molecule has 0 saturated heterocycles. The zero-order valence-electron chi connectivity index (χ0n) is 12.2. The van der Waals surface area contributed by atoms with Crippen LogP contribution in [-0.2, 0) is 13.1 Å². The quantitative estimate of drug-likeness (QED) is 0.655. The van der Waals surface area contributed by atoms with Crippen LogP contribution in [-0.4, -0.2) is 17.7 Å². The summed E-state index contributed by atoms with van der Waals surface area (Å²) >= 11 is 0. The van der Waals surface area contributed by atoms with Crippen molar-refractivity contribution >= 4 is 5.96 Å². The Balaban J connectivity index is 1.97. The second kappa shape index (κ2) is 7.42. The second-order valence-electron chi connectivity index (χ2n) is 4.62. The molecule has 2 aromatic rings. The monoisotopic (exact) mass is 290 g/mol. The molecule has 0 aliphatic heterocycles. The molecule has 0 amide bonds. The predicted octanol–water partition coefficient (Wildman–Crippen LogP) is 2.38. The molecule has 0 aliphatic rings. The van der Waals surface area contributed by atoms with Crippen molar-refractivity contribution in [2.24, 2.45) is 4.99 Å². The highest BCUT2D eigenvalue weighted by Crippen LogP contribution is 2.09. The largest absolute Gasteiger partial charge is 0.364 e. The molecule has 1 heterocycles. The van der Waals surface area contributed by atoms with Crippen molar-refractivity contribution in [3.05, 3.63) is 53.2 Å². The van der Waals surface area contributed by atoms with E-state index in [4.69, 9.17) is 4.52 Å². The Kier molecular flexibility index (Phi) is 5.31. The molecule has 0 atom stereocenters. The molecule has 21 heavy (non-hydrogen) atoms. The summed E-state index contributed by atoms with van der Waals surface area (Å²) in [5.41, 5.74) is 2.26. The molecule has 6 heteroatoms. The number of nitrogens with one attached hydrogen (secondary N) is 2. The van der Waals surface area contributed by atoms with E-state index >= 15 is 0 Å². The van der Waals surface area contributed by atoms with Crippen molar-refractivity contribution in [3.63, 3.8) is 0 Å². The Hall–Kier alpha value is -2.37. The van der Waals surface area contributed by atoms with Gasteiger partial charge >= 0.3 is 0 Å². The SMILES string of the molecule is CCNC(=NCc1ccc(C)c(F)c1)NCc1ccon1. The number of aryl methyl sites for hydroxylation is 1. The molecule has 112 valence electrons. The van der Waals surface area contributed by atoms with E-state index in [1.165, 1.54) is 12.3 Å². The number of hydrogen-bond acceptors (Lipinski definition) is 3. The number of halogens is 1. The van der Waals surface area contributed by atoms with E-state index in [9.17, 15) is 4.39 Å². The van der Waals surface area contributed by atoms with Gasteiger partial charge in [0.05, 0.1) is 13.1 Å². The van der Waals surface area contributed by atoms with E-state index in [-0.39, 0.29) is 5.82 Å². The normalized spacial score (nSPS) is 11.5. The van der Waals surface area contributed by atoms with Crippen LogP contribution in [0.4, 0.5) is 4.39 Å². The fourth-order valence-corrected chi connectivity index (χ4v) is 1.75. The second-order valence-corrected chi connectivity index (χ2v) is 4.62. The molecule has 0 aliphatic carbocycles. The van der Waals surface area contributed by atoms with Crippen LogP contribution in [0.1, 0.15) is 23.7 Å². The van der Waals surface area contributed by atoms with Gasteiger partial charge in [0, 0.05) is 12.6 Å². The predicted molar refractivity (Wildman–Crippen MR) is 79.3 cm³/mol. The lowest BCUT2D eigenvalue weighted by molar-refractivity contribution is 0.410. The van der Waals surface area contributed by atoms with Crippen molar-refractivity contribution in [2.75, 3.05) is 6.54 Å². The van der Waals surface area contributed by atoms with Gasteiger partial charge in [-0.2, -0.15) is 0 Å². The van der Waals surface area contributed by atoms with Crippen LogP contribution in [0.25, 0.3) is 0 Å². The molecular formula is C15H19FN4O. The average Bonchev–Trinajstić information content (AvgIpc) is 2.99. The standard InChI is InChI=1S/C15H19FN4O/c1-3-17-15(19-10-13-6-7-21-20-13)18-9-12-5-4-11(2)14(16)8-12/h4-8H,3,9-10H2,1-2H3,(H2,17,18,19). The lowest BCUT2D eigenvalue weighted by Gasteiger charge is -2.10. The number of rotatable bonds is 5. The third-order valence-corrected chi connectivity index (χ3v) is 2.93. The first-order chi connectivity index (χ1) is 10.2. The molecule has 5 nitrogen and oxygen atoms in total. The summed E-state index contributed by atoms with van der Waals surface area (Å²) in [6, 6.07) is 6.94. The Morgan fingerprint density at radius 1 is 1.33 bits per heavy atom. The van der Waals surface area contributed by atoms with Crippen LogP contribution in [0, 0.1) is 12.7 Å². The summed E-state index contributed by atoms with van der Waals surface area (Å²) in [4.78, 5) is 4.42. The zero-order chi connectivity index (χ0) is 15.1. The topological polar surface area (TPSA) is 62.5 Å². The Morgan fingerprint density at radius 3 is 2.86 bits per heavy atom. The van der Waals surface area contributed by atoms with E-state index in [2.05, 4.69) is 20.8 Å². The highest BCUT2D eigenvalue weighted by Gasteiger charge is 2.02. The molecule has 0 bridgehead atoms. The van der Waals surface area contributed by atoms with Crippen molar-refractivity contribution < 1.29 is 8.91 Å². The number of hydrogen-bond donors (Lipinski definition) is 2. The maximum atomic E-state index is 13.5. The van der Waals surface area contributed by atoms with Crippen molar-refractivity contribution in [1.82, 2.24) is 15.8 Å². The minimum atomic E-state index is -0.205. The number of guanidine groups is 1. The Bertz CT molecular complexity index is 596. The third kappa shape index (κ3) is 4.59. The molecule has 0 unspecified atom stereocenters. The van der Waals surface area contributed by atoms with Crippen molar-refractivity contribution in [3.8, 4) is 0 Å². The summed E-state index contributed by atoms with van der Waals surface area (Å²) in [7, 11) is 0. The van der Waals surface area contributed by atoms with Gasteiger partial charge < -0.3 is 15.2 Å². The van der Waals surface area contributed by atoms with Crippen LogP contribution >= 0.6 is 0 Å². The summed E-state index contributed by atoms with van der Waals surface area (Å²) in [6.45, 7) is 5.40. The van der Waals surface area contributed by atoms with Gasteiger partial charge in [0.2, 0.25) is 0 Å². The maximum absolute atomic E-state index is 13.5. The molecule has 0 radical (unpaired) electrons. The van der Waals surface area contributed by atoms with Gasteiger partial charge in [-0.3, -0.25) is 0 Å². The van der Waals surface area contributed by atoms with Crippen LogP contribution in [0.3, 0.4) is 0 Å². The third-order valence-electron chi connectivity index (χ3n) is 2.93. The number of nitrogens with zero attached hydrogens (tertiary/aromatic N) is 2.